The van der Waals surface area contributed by atoms with Crippen LogP contribution in [0.4, 0.5) is 0 Å². The van der Waals surface area contributed by atoms with Gasteiger partial charge in [0.1, 0.15) is 34.5 Å². The van der Waals surface area contributed by atoms with E-state index >= 15 is 0 Å². The molecule has 0 saturated carbocycles. The Morgan fingerprint density at radius 1 is 0.215 bits per heavy atom. The Morgan fingerprint density at radius 3 is 0.402 bits per heavy atom. The van der Waals surface area contributed by atoms with Crippen LogP contribution in [0.2, 0.25) is 0 Å². The molecular weight excluding hydrogens is 1430 g/mol. The molecule has 0 bridgehead atoms. The molecule has 0 unspecified atom stereocenters. The summed E-state index contributed by atoms with van der Waals surface area (Å²) < 4.78 is 74.3. The van der Waals surface area contributed by atoms with Crippen molar-refractivity contribution in [1.29, 1.82) is 0 Å². The van der Waals surface area contributed by atoms with Gasteiger partial charge >= 0.3 is 58.2 Å². The van der Waals surface area contributed by atoms with Crippen LogP contribution in [-0.2, 0) is 97.9 Å². The molecule has 107 heavy (non-hydrogen) atoms. The topological polar surface area (TPSA) is 266 Å². The first-order chi connectivity index (χ1) is 45.3. The Labute approximate surface area is 666 Å². The van der Waals surface area contributed by atoms with Gasteiger partial charge in [0.2, 0.25) is 0 Å². The van der Waals surface area contributed by atoms with E-state index in [0.717, 1.165) is 100 Å². The largest absolute Gasteiger partial charge is 3.00 e. The molecule has 588 valence electrons. The van der Waals surface area contributed by atoms with Crippen molar-refractivity contribution in [3.8, 4) is 34.5 Å². The van der Waals surface area contributed by atoms with E-state index in [0.29, 0.717) is 53.8 Å². The fraction of sp³-hybridized carbons (Fsp3) is 0.586. The van der Waals surface area contributed by atoms with Crippen LogP contribution in [0.25, 0.3) is 0 Å². The van der Waals surface area contributed by atoms with Gasteiger partial charge < -0.3 is 58.3 Å². The molecule has 0 amide bonds. The van der Waals surface area contributed by atoms with Gasteiger partial charge in [-0.2, -0.15) is 0 Å². The summed E-state index contributed by atoms with van der Waals surface area (Å²) in [5.74, 6) is 2.43. The maximum Gasteiger partial charge on any atom is 3.00 e. The third kappa shape index (κ3) is 23.9. The van der Waals surface area contributed by atoms with Gasteiger partial charge in [-0.05, 0) is 132 Å². The number of phosphoric acid groups is 3. The summed E-state index contributed by atoms with van der Waals surface area (Å²) >= 11 is 0. The average Bonchev–Trinajstić information content (AvgIpc) is 0.751. The van der Waals surface area contributed by atoms with Crippen molar-refractivity contribution < 1.29 is 71.9 Å². The van der Waals surface area contributed by atoms with Gasteiger partial charge in [-0.3, -0.25) is 0 Å². The van der Waals surface area contributed by atoms with Crippen LogP contribution < -0.4 is 41.8 Å². The molecule has 15 nitrogen and oxygen atoms in total. The summed E-state index contributed by atoms with van der Waals surface area (Å²) in [5, 5.41) is 0. The monoisotopic (exact) mass is 1560 g/mol. The molecule has 0 atom stereocenters. The second kappa shape index (κ2) is 32.3. The first-order valence-corrected chi connectivity index (χ1v) is 40.8. The maximum atomic E-state index is 13.3. The summed E-state index contributed by atoms with van der Waals surface area (Å²) in [7, 11) is -14.0. The maximum absolute atomic E-state index is 13.3. The molecule has 0 radical (unpaired) electrons. The summed E-state index contributed by atoms with van der Waals surface area (Å²) in [6, 6.07) is 25.2. The Hall–Kier alpha value is -4.37. The zero-order valence-electron chi connectivity index (χ0n) is 71.8. The number of hydrogen-bond donors (Lipinski definition) is 0. The average molecular weight is 1560 g/mol. The van der Waals surface area contributed by atoms with E-state index < -0.39 is 23.5 Å². The van der Waals surface area contributed by atoms with E-state index in [1.165, 1.54) is 0 Å². The van der Waals surface area contributed by atoms with Gasteiger partial charge in [-0.15, -0.1) is 0 Å². The molecular formula is C87H129Al2O15P3. The molecule has 3 N–H and O–H groups in total. The molecule has 0 saturated heterocycles. The normalized spacial score (nSPS) is 15.7. The number of rotatable bonds is 0. The molecule has 0 aromatic heterocycles. The third-order valence-corrected chi connectivity index (χ3v) is 21.8. The zero-order valence-corrected chi connectivity index (χ0v) is 76.8. The van der Waals surface area contributed by atoms with E-state index in [9.17, 15) is 28.4 Å². The van der Waals surface area contributed by atoms with E-state index in [1.807, 2.05) is 0 Å². The van der Waals surface area contributed by atoms with Crippen LogP contribution in [0.15, 0.2) is 72.8 Å². The number of hydrogen-bond acceptors (Lipinski definition) is 15. The standard InChI is InChI=1S/3C29H43O4P.2Al.3H2O/c3*1-26(2,3)20-14-18-13-19-15-21(27(4,5)6)17-23(29(10,11)12)25(19)33-34(30,31)32-24(18)22(16-20)28(7,8)9;;;;;/h3*14-17H,13H2,1-12H3,(H,30,31);;;3*1H2/q;;;2*+3;;;/p-6. The van der Waals surface area contributed by atoms with Gasteiger partial charge in [-0.25, -0.2) is 13.7 Å². The Bertz CT molecular complexity index is 3650. The fourth-order valence-corrected chi connectivity index (χ4v) is 15.6. The number of benzene rings is 6. The van der Waals surface area contributed by atoms with Crippen molar-refractivity contribution in [1.82, 2.24) is 0 Å². The van der Waals surface area contributed by atoms with Crippen molar-refractivity contribution in [2.24, 2.45) is 0 Å². The second-order valence-corrected chi connectivity index (χ2v) is 45.3. The number of phosphoric ester groups is 3. The van der Waals surface area contributed by atoms with Gasteiger partial charge in [0.25, 0.3) is 0 Å². The Morgan fingerprint density at radius 2 is 0.318 bits per heavy atom. The van der Waals surface area contributed by atoms with Crippen molar-refractivity contribution in [3.05, 3.63) is 173 Å². The first kappa shape index (κ1) is 98.7. The fourth-order valence-electron chi connectivity index (χ4n) is 12.9. The van der Waals surface area contributed by atoms with Crippen LogP contribution in [0.3, 0.4) is 0 Å². The predicted molar refractivity (Wildman–Crippen MR) is 435 cm³/mol. The Kier molecular flexibility index (Phi) is 29.8. The smallest absolute Gasteiger partial charge is 0.870 e. The van der Waals surface area contributed by atoms with Crippen LogP contribution in [0.5, 0.6) is 34.5 Å². The molecule has 3 heterocycles. The summed E-state index contributed by atoms with van der Waals surface area (Å²) in [6.45, 7) is 76.6. The van der Waals surface area contributed by atoms with Crippen LogP contribution in [0, 0.1) is 0 Å². The summed E-state index contributed by atoms with van der Waals surface area (Å²) in [5.41, 5.74) is 15.1. The second-order valence-electron chi connectivity index (χ2n) is 41.5. The van der Waals surface area contributed by atoms with Gasteiger partial charge in [0.05, 0.1) is 0 Å². The minimum atomic E-state index is -4.68. The van der Waals surface area contributed by atoms with Crippen molar-refractivity contribution in [3.63, 3.8) is 0 Å². The van der Waals surface area contributed by atoms with Crippen molar-refractivity contribution in [2.75, 3.05) is 0 Å². The van der Waals surface area contributed by atoms with Gasteiger partial charge in [0, 0.05) is 52.6 Å². The summed E-state index contributed by atoms with van der Waals surface area (Å²) in [4.78, 5) is 39.8. The molecule has 6 aromatic carbocycles. The molecule has 0 fully saturated rings. The van der Waals surface area contributed by atoms with Gasteiger partial charge in [-0.1, -0.05) is 322 Å². The molecule has 9 rings (SSSR count). The molecule has 6 aromatic rings. The quantitative estimate of drug-likeness (QED) is 0.101. The molecule has 0 aliphatic carbocycles. The van der Waals surface area contributed by atoms with Crippen LogP contribution in [0.1, 0.15) is 349 Å². The SMILES string of the molecule is CC(C)(C)c1cc2c(c(C(C)(C)C)c1)OP(=O)([O-])Oc1c(cc(C(C)(C)C)cc1C(C)(C)C)C2.CC(C)(C)c1cc2c(c(C(C)(C)C)c1)OP(=O)([O-])Oc1c(cc(C(C)(C)C)cc1C(C)(C)C)C2.CC(C)(C)c1cc2c(c(C(C)(C)C)c1)OP(=O)([O-])Oc1c(cc(C(C)(C)C)cc1C(C)(C)C)C2.[Al+3].[Al+3].[OH-].[OH-].[OH-]. The van der Waals surface area contributed by atoms with Crippen molar-refractivity contribution in [2.45, 2.75) is 333 Å². The van der Waals surface area contributed by atoms with E-state index in [-0.39, 0.29) is 116 Å². The predicted octanol–water partition coefficient (Wildman–Crippen LogP) is 21.8. The van der Waals surface area contributed by atoms with Crippen LogP contribution >= 0.6 is 23.5 Å². The van der Waals surface area contributed by atoms with E-state index in [4.69, 9.17) is 27.1 Å². The molecule has 0 spiro atoms. The van der Waals surface area contributed by atoms with Gasteiger partial charge in [0.15, 0.2) is 0 Å². The third-order valence-electron chi connectivity index (χ3n) is 19.4. The van der Waals surface area contributed by atoms with Crippen molar-refractivity contribution >= 4 is 58.2 Å². The van der Waals surface area contributed by atoms with E-state index in [1.54, 1.807) is 0 Å². The zero-order chi connectivity index (χ0) is 78.2. The molecule has 3 aliphatic heterocycles. The minimum absolute atomic E-state index is 0. The Balaban J connectivity index is 0.000000533. The molecule has 20 heteroatoms. The number of fused-ring (bicyclic) bond motifs is 6. The summed E-state index contributed by atoms with van der Waals surface area (Å²) in [6.07, 6.45) is 1.60. The van der Waals surface area contributed by atoms with E-state index in [2.05, 4.69) is 322 Å². The minimum Gasteiger partial charge on any atom is -0.870 e. The van der Waals surface area contributed by atoms with Crippen LogP contribution in [-0.4, -0.2) is 51.2 Å². The molecule has 3 aliphatic rings. The first-order valence-electron chi connectivity index (χ1n) is 36.5.